The first-order valence-electron chi connectivity index (χ1n) is 20.9. The van der Waals surface area contributed by atoms with Gasteiger partial charge in [-0.15, -0.1) is 0 Å². The number of ketones is 1. The Kier molecular flexibility index (Phi) is 9.17. The second-order valence-electron chi connectivity index (χ2n) is 17.8. The number of hydrogen-bond acceptors (Lipinski definition) is 5. The number of aromatic amines is 2. The Morgan fingerprint density at radius 2 is 1.22 bits per heavy atom. The number of hydrogen-bond donors (Lipinski definition) is 2. The summed E-state index contributed by atoms with van der Waals surface area (Å²) in [5, 5.41) is 0. The maximum Gasteiger partial charge on any atom is 0.223 e. The third-order valence-corrected chi connectivity index (χ3v) is 12.9. The van der Waals surface area contributed by atoms with Gasteiger partial charge in [0.05, 0.1) is 34.2 Å². The van der Waals surface area contributed by atoms with Gasteiger partial charge < -0.3 is 19.8 Å². The third kappa shape index (κ3) is 6.37. The van der Waals surface area contributed by atoms with E-state index in [0.717, 1.165) is 138 Å². The van der Waals surface area contributed by atoms with Crippen molar-refractivity contribution in [2.75, 3.05) is 13.1 Å². The average Bonchev–Trinajstić information content (AvgIpc) is 4.00. The molecule has 2 amide bonds. The van der Waals surface area contributed by atoms with Crippen LogP contribution < -0.4 is 0 Å². The molecule has 2 saturated heterocycles. The van der Waals surface area contributed by atoms with Gasteiger partial charge in [0, 0.05) is 36.9 Å². The molecule has 2 aliphatic heterocycles. The maximum atomic E-state index is 14.8. The molecule has 9 nitrogen and oxygen atoms in total. The zero-order valence-corrected chi connectivity index (χ0v) is 32.8. The Balaban J connectivity index is 1.07. The van der Waals surface area contributed by atoms with Crippen LogP contribution in [0.3, 0.4) is 0 Å². The molecule has 1 saturated carbocycles. The van der Waals surface area contributed by atoms with Gasteiger partial charge in [-0.3, -0.25) is 14.4 Å². The topological polar surface area (TPSA) is 115 Å². The molecule has 55 heavy (non-hydrogen) atoms. The van der Waals surface area contributed by atoms with Crippen molar-refractivity contribution < 1.29 is 14.4 Å². The van der Waals surface area contributed by atoms with Crippen molar-refractivity contribution in [1.82, 2.24) is 29.7 Å². The SMILES string of the molecule is CC(C)CC(=O)N1CCCC1c1nc2ccc(-c3ccc(-c4ccc5nc(C6CCCN6C(=O)CC(C)C)[nH]c5c4)c4c3CC3(CCCCC3)C4=O)cc2[nH]1. The molecule has 4 heterocycles. The summed E-state index contributed by atoms with van der Waals surface area (Å²) < 4.78 is 0. The highest BCUT2D eigenvalue weighted by molar-refractivity contribution is 6.12. The van der Waals surface area contributed by atoms with E-state index in [1.54, 1.807) is 0 Å². The van der Waals surface area contributed by atoms with Crippen molar-refractivity contribution in [2.24, 2.45) is 17.3 Å². The number of nitrogens with one attached hydrogen (secondary N) is 2. The summed E-state index contributed by atoms with van der Waals surface area (Å²) in [7, 11) is 0. The highest BCUT2D eigenvalue weighted by Gasteiger charge is 2.48. The fraction of sp³-hybridized carbons (Fsp3) is 0.500. The largest absolute Gasteiger partial charge is 0.340 e. The standard InChI is InChI=1S/C46H54N6O3/c1-27(2)22-40(53)51-20-8-10-38(51)44-47-34-16-12-29(24-36(34)49-44)31-14-15-32(42-33(31)26-46(43(42)55)18-6-5-7-19-46)30-13-17-35-37(25-30)50-45(48-35)39-11-9-21-52(39)41(54)23-28(3)4/h12-17,24-25,27-28,38-39H,5-11,18-23,26H2,1-4H3,(H,47,49)(H,48,50). The lowest BCUT2D eigenvalue weighted by Crippen LogP contribution is -2.31. The molecular weight excluding hydrogens is 685 g/mol. The van der Waals surface area contributed by atoms with Crippen LogP contribution >= 0.6 is 0 Å². The van der Waals surface area contributed by atoms with Crippen molar-refractivity contribution in [1.29, 1.82) is 0 Å². The molecule has 3 fully saturated rings. The normalized spacial score (nSPS) is 20.9. The molecule has 3 aromatic carbocycles. The molecule has 0 radical (unpaired) electrons. The van der Waals surface area contributed by atoms with E-state index >= 15 is 0 Å². The molecule has 2 aliphatic carbocycles. The number of benzene rings is 3. The van der Waals surface area contributed by atoms with Gasteiger partial charge in [0.1, 0.15) is 11.6 Å². The van der Waals surface area contributed by atoms with Crippen LogP contribution in [0.4, 0.5) is 0 Å². The molecular formula is C46H54N6O3. The van der Waals surface area contributed by atoms with E-state index in [1.165, 1.54) is 6.42 Å². The lowest BCUT2D eigenvalue weighted by atomic mass is 9.71. The average molecular weight is 739 g/mol. The number of imidazole rings is 2. The first kappa shape index (κ1) is 35.9. The molecule has 9 heteroatoms. The van der Waals surface area contributed by atoms with Crippen LogP contribution in [0, 0.1) is 17.3 Å². The predicted octanol–water partition coefficient (Wildman–Crippen LogP) is 9.88. The van der Waals surface area contributed by atoms with Gasteiger partial charge in [-0.1, -0.05) is 71.2 Å². The monoisotopic (exact) mass is 738 g/mol. The Morgan fingerprint density at radius 1 is 0.709 bits per heavy atom. The van der Waals surface area contributed by atoms with Gasteiger partial charge in [0.25, 0.3) is 0 Å². The van der Waals surface area contributed by atoms with E-state index in [4.69, 9.17) is 9.97 Å². The van der Waals surface area contributed by atoms with Gasteiger partial charge in [-0.25, -0.2) is 9.97 Å². The van der Waals surface area contributed by atoms with Gasteiger partial charge in [0.15, 0.2) is 5.78 Å². The van der Waals surface area contributed by atoms with E-state index in [-0.39, 0.29) is 29.3 Å². The molecule has 286 valence electrons. The van der Waals surface area contributed by atoms with Crippen LogP contribution in [-0.4, -0.2) is 60.4 Å². The van der Waals surface area contributed by atoms with E-state index in [2.05, 4.69) is 86.2 Å². The second-order valence-corrected chi connectivity index (χ2v) is 17.8. The Bertz CT molecular complexity index is 2310. The van der Waals surface area contributed by atoms with Crippen molar-refractivity contribution >= 4 is 39.7 Å². The summed E-state index contributed by atoms with van der Waals surface area (Å²) in [5.74, 6) is 3.05. The summed E-state index contributed by atoms with van der Waals surface area (Å²) in [5.41, 5.74) is 9.52. The van der Waals surface area contributed by atoms with Crippen molar-refractivity contribution in [3.8, 4) is 22.3 Å². The number of aromatic nitrogens is 4. The Morgan fingerprint density at radius 3 is 1.75 bits per heavy atom. The van der Waals surface area contributed by atoms with Crippen LogP contribution in [0.15, 0.2) is 48.5 Å². The lowest BCUT2D eigenvalue weighted by Gasteiger charge is -2.31. The summed E-state index contributed by atoms with van der Waals surface area (Å²) >= 11 is 0. The smallest absolute Gasteiger partial charge is 0.223 e. The van der Waals surface area contributed by atoms with Crippen LogP contribution in [0.2, 0.25) is 0 Å². The number of H-pyrrole nitrogens is 2. The number of Topliss-reactive ketones (excluding diaryl/α,β-unsaturated/α-hetero) is 1. The minimum atomic E-state index is -0.342. The van der Waals surface area contributed by atoms with Crippen molar-refractivity contribution in [3.63, 3.8) is 0 Å². The first-order chi connectivity index (χ1) is 26.6. The van der Waals surface area contributed by atoms with Crippen molar-refractivity contribution in [2.45, 2.75) is 117 Å². The second kappa shape index (κ2) is 14.1. The number of carbonyl (C=O) groups is 3. The maximum absolute atomic E-state index is 14.8. The zero-order chi connectivity index (χ0) is 38.0. The molecule has 5 aromatic rings. The number of rotatable bonds is 8. The molecule has 2 unspecified atom stereocenters. The highest BCUT2D eigenvalue weighted by atomic mass is 16.2. The Labute approximate surface area is 323 Å². The third-order valence-electron chi connectivity index (χ3n) is 12.9. The van der Waals surface area contributed by atoms with E-state index < -0.39 is 0 Å². The first-order valence-corrected chi connectivity index (χ1v) is 20.9. The molecule has 2 atom stereocenters. The Hall–Kier alpha value is -4.79. The minimum Gasteiger partial charge on any atom is -0.340 e. The van der Waals surface area contributed by atoms with E-state index in [9.17, 15) is 14.4 Å². The van der Waals surface area contributed by atoms with Gasteiger partial charge in [0.2, 0.25) is 11.8 Å². The van der Waals surface area contributed by atoms with Gasteiger partial charge in [-0.2, -0.15) is 0 Å². The number of nitrogens with zero attached hydrogens (tertiary/aromatic N) is 4. The molecule has 4 aliphatic rings. The number of likely N-dealkylation sites (tertiary alicyclic amines) is 2. The molecule has 0 bridgehead atoms. The fourth-order valence-corrected chi connectivity index (χ4v) is 10.3. The number of amides is 2. The highest BCUT2D eigenvalue weighted by Crippen LogP contribution is 2.52. The molecule has 2 N–H and O–H groups in total. The van der Waals surface area contributed by atoms with Crippen LogP contribution in [0.25, 0.3) is 44.3 Å². The summed E-state index contributed by atoms with van der Waals surface area (Å²) in [4.78, 5) is 62.2. The summed E-state index contributed by atoms with van der Waals surface area (Å²) in [6, 6.07) is 17.0. The summed E-state index contributed by atoms with van der Waals surface area (Å²) in [6.07, 6.45) is 10.9. The van der Waals surface area contributed by atoms with E-state index in [1.807, 2.05) is 9.80 Å². The molecule has 2 aromatic heterocycles. The lowest BCUT2D eigenvalue weighted by molar-refractivity contribution is -0.133. The van der Waals surface area contributed by atoms with Crippen LogP contribution in [0.5, 0.6) is 0 Å². The van der Waals surface area contributed by atoms with Crippen LogP contribution in [-0.2, 0) is 16.0 Å². The molecule has 9 rings (SSSR count). The van der Waals surface area contributed by atoms with E-state index in [0.29, 0.717) is 30.5 Å². The number of fused-ring (bicyclic) bond motifs is 3. The quantitative estimate of drug-likeness (QED) is 0.165. The van der Waals surface area contributed by atoms with Crippen LogP contribution in [0.1, 0.15) is 138 Å². The van der Waals surface area contributed by atoms with Gasteiger partial charge in [-0.05, 0) is 109 Å². The van der Waals surface area contributed by atoms with Crippen molar-refractivity contribution in [3.05, 3.63) is 71.3 Å². The number of carbonyl (C=O) groups excluding carboxylic acids is 3. The summed E-state index contributed by atoms with van der Waals surface area (Å²) in [6.45, 7) is 9.92. The zero-order valence-electron chi connectivity index (χ0n) is 32.8. The minimum absolute atomic E-state index is 0.0258. The molecule has 1 spiro atoms. The van der Waals surface area contributed by atoms with Gasteiger partial charge >= 0.3 is 0 Å². The fourth-order valence-electron chi connectivity index (χ4n) is 10.3. The predicted molar refractivity (Wildman–Crippen MR) is 216 cm³/mol.